The molecule has 0 saturated heterocycles. The minimum Gasteiger partial charge on any atom is -0.313 e. The molecule has 0 bridgehead atoms. The molecule has 0 aliphatic rings. The first-order chi connectivity index (χ1) is 9.40. The SMILES string of the molecule is CCCN(CCC)C(C)(N)Cc1cccc([N+](=O)[O-])c1. The molecule has 0 amide bonds. The topological polar surface area (TPSA) is 72.4 Å². The molecule has 5 heteroatoms. The Morgan fingerprint density at radius 2 is 1.90 bits per heavy atom. The molecule has 0 spiro atoms. The van der Waals surface area contributed by atoms with Gasteiger partial charge < -0.3 is 5.73 Å². The van der Waals surface area contributed by atoms with E-state index in [2.05, 4.69) is 18.7 Å². The summed E-state index contributed by atoms with van der Waals surface area (Å²) in [5, 5.41) is 10.8. The van der Waals surface area contributed by atoms with Gasteiger partial charge in [0.05, 0.1) is 10.6 Å². The molecule has 0 saturated carbocycles. The van der Waals surface area contributed by atoms with Crippen molar-refractivity contribution in [2.24, 2.45) is 5.73 Å². The van der Waals surface area contributed by atoms with Crippen molar-refractivity contribution in [1.82, 2.24) is 4.90 Å². The number of rotatable bonds is 8. The van der Waals surface area contributed by atoms with Gasteiger partial charge in [0.1, 0.15) is 0 Å². The van der Waals surface area contributed by atoms with Gasteiger partial charge in [0.2, 0.25) is 0 Å². The van der Waals surface area contributed by atoms with Gasteiger partial charge in [-0.3, -0.25) is 15.0 Å². The van der Waals surface area contributed by atoms with Gasteiger partial charge in [-0.15, -0.1) is 0 Å². The summed E-state index contributed by atoms with van der Waals surface area (Å²) < 4.78 is 0. The zero-order valence-electron chi connectivity index (χ0n) is 12.6. The van der Waals surface area contributed by atoms with E-state index in [1.807, 2.05) is 13.0 Å². The lowest BCUT2D eigenvalue weighted by molar-refractivity contribution is -0.384. The number of nitro benzene ring substituents is 1. The molecule has 0 aromatic heterocycles. The smallest absolute Gasteiger partial charge is 0.269 e. The molecule has 1 rings (SSSR count). The molecule has 2 N–H and O–H groups in total. The van der Waals surface area contributed by atoms with Gasteiger partial charge in [0, 0.05) is 18.6 Å². The van der Waals surface area contributed by atoms with Crippen LogP contribution in [0.4, 0.5) is 5.69 Å². The molecule has 20 heavy (non-hydrogen) atoms. The Morgan fingerprint density at radius 3 is 2.40 bits per heavy atom. The Kier molecular flexibility index (Phi) is 6.10. The molecule has 0 fully saturated rings. The fraction of sp³-hybridized carbons (Fsp3) is 0.600. The minimum atomic E-state index is -0.485. The largest absolute Gasteiger partial charge is 0.313 e. The monoisotopic (exact) mass is 279 g/mol. The predicted molar refractivity (Wildman–Crippen MR) is 81.5 cm³/mol. The quantitative estimate of drug-likeness (QED) is 0.451. The van der Waals surface area contributed by atoms with Crippen LogP contribution in [0.1, 0.15) is 39.2 Å². The van der Waals surface area contributed by atoms with E-state index in [1.165, 1.54) is 6.07 Å². The molecule has 1 aromatic carbocycles. The van der Waals surface area contributed by atoms with Crippen LogP contribution in [0.5, 0.6) is 0 Å². The van der Waals surface area contributed by atoms with Crippen molar-refractivity contribution in [3.8, 4) is 0 Å². The molecule has 5 nitrogen and oxygen atoms in total. The fourth-order valence-electron chi connectivity index (χ4n) is 2.47. The zero-order chi connectivity index (χ0) is 15.2. The van der Waals surface area contributed by atoms with Crippen LogP contribution in [0, 0.1) is 10.1 Å². The van der Waals surface area contributed by atoms with Gasteiger partial charge in [0.15, 0.2) is 0 Å². The van der Waals surface area contributed by atoms with Gasteiger partial charge in [-0.1, -0.05) is 26.0 Å². The van der Waals surface area contributed by atoms with Crippen LogP contribution >= 0.6 is 0 Å². The molecule has 0 heterocycles. The van der Waals surface area contributed by atoms with E-state index in [9.17, 15) is 10.1 Å². The van der Waals surface area contributed by atoms with Crippen molar-refractivity contribution in [2.75, 3.05) is 13.1 Å². The van der Waals surface area contributed by atoms with E-state index in [4.69, 9.17) is 5.73 Å². The number of hydrogen-bond donors (Lipinski definition) is 1. The third-order valence-electron chi connectivity index (χ3n) is 3.39. The highest BCUT2D eigenvalue weighted by molar-refractivity contribution is 5.34. The highest BCUT2D eigenvalue weighted by Crippen LogP contribution is 2.20. The number of nitrogens with two attached hydrogens (primary N) is 1. The van der Waals surface area contributed by atoms with Crippen molar-refractivity contribution in [3.05, 3.63) is 39.9 Å². The van der Waals surface area contributed by atoms with Crippen LogP contribution < -0.4 is 5.73 Å². The number of nitrogens with zero attached hydrogens (tertiary/aromatic N) is 2. The third kappa shape index (κ3) is 4.58. The minimum absolute atomic E-state index is 0.121. The Balaban J connectivity index is 2.87. The summed E-state index contributed by atoms with van der Waals surface area (Å²) in [6, 6.07) is 6.73. The van der Waals surface area contributed by atoms with Gasteiger partial charge in [-0.05, 0) is 38.4 Å². The highest BCUT2D eigenvalue weighted by Gasteiger charge is 2.26. The first-order valence-corrected chi connectivity index (χ1v) is 7.18. The molecule has 1 atom stereocenters. The van der Waals surface area contributed by atoms with E-state index in [-0.39, 0.29) is 10.6 Å². The summed E-state index contributed by atoms with van der Waals surface area (Å²) in [6.07, 6.45) is 2.69. The molecule has 1 aromatic rings. The van der Waals surface area contributed by atoms with Crippen molar-refractivity contribution >= 4 is 5.69 Å². The van der Waals surface area contributed by atoms with Crippen molar-refractivity contribution in [1.29, 1.82) is 0 Å². The molecule has 1 unspecified atom stereocenters. The summed E-state index contributed by atoms with van der Waals surface area (Å²) in [5.74, 6) is 0. The maximum Gasteiger partial charge on any atom is 0.269 e. The Bertz CT molecular complexity index is 440. The summed E-state index contributed by atoms with van der Waals surface area (Å²) in [5.41, 5.74) is 6.99. The van der Waals surface area contributed by atoms with Crippen molar-refractivity contribution in [3.63, 3.8) is 0 Å². The summed E-state index contributed by atoms with van der Waals surface area (Å²) >= 11 is 0. The maximum atomic E-state index is 10.8. The Hall–Kier alpha value is -1.46. The fourth-order valence-corrected chi connectivity index (χ4v) is 2.47. The molecule has 0 radical (unpaired) electrons. The Morgan fingerprint density at radius 1 is 1.30 bits per heavy atom. The van der Waals surface area contributed by atoms with Gasteiger partial charge >= 0.3 is 0 Å². The number of non-ortho nitro benzene ring substituents is 1. The summed E-state index contributed by atoms with van der Waals surface area (Å²) in [4.78, 5) is 12.7. The molecular formula is C15H25N3O2. The van der Waals surface area contributed by atoms with Crippen LogP contribution in [0.15, 0.2) is 24.3 Å². The van der Waals surface area contributed by atoms with E-state index in [0.717, 1.165) is 31.5 Å². The third-order valence-corrected chi connectivity index (χ3v) is 3.39. The van der Waals surface area contributed by atoms with Crippen LogP contribution in [0.2, 0.25) is 0 Å². The van der Waals surface area contributed by atoms with Gasteiger partial charge in [-0.25, -0.2) is 0 Å². The van der Waals surface area contributed by atoms with Crippen LogP contribution in [0.25, 0.3) is 0 Å². The van der Waals surface area contributed by atoms with Gasteiger partial charge in [-0.2, -0.15) is 0 Å². The second kappa shape index (κ2) is 7.36. The molecule has 112 valence electrons. The molecular weight excluding hydrogens is 254 g/mol. The van der Waals surface area contributed by atoms with E-state index in [1.54, 1.807) is 12.1 Å². The van der Waals surface area contributed by atoms with Crippen LogP contribution in [-0.4, -0.2) is 28.6 Å². The summed E-state index contributed by atoms with van der Waals surface area (Å²) in [6.45, 7) is 8.14. The standard InChI is InChI=1S/C15H25N3O2/c1-4-9-17(10-5-2)15(3,16)12-13-7-6-8-14(11-13)18(19)20/h6-8,11H,4-5,9-10,12,16H2,1-3H3. The number of nitro groups is 1. The summed E-state index contributed by atoms with van der Waals surface area (Å²) in [7, 11) is 0. The lowest BCUT2D eigenvalue weighted by Crippen LogP contribution is -2.55. The highest BCUT2D eigenvalue weighted by atomic mass is 16.6. The lowest BCUT2D eigenvalue weighted by Gasteiger charge is -2.38. The average Bonchev–Trinajstić information content (AvgIpc) is 2.38. The first kappa shape index (κ1) is 16.6. The lowest BCUT2D eigenvalue weighted by atomic mass is 9.99. The normalized spacial score (nSPS) is 14.2. The molecule has 0 aliphatic carbocycles. The zero-order valence-corrected chi connectivity index (χ0v) is 12.6. The molecule has 0 aliphatic heterocycles. The van der Waals surface area contributed by atoms with E-state index in [0.29, 0.717) is 6.42 Å². The van der Waals surface area contributed by atoms with Crippen molar-refractivity contribution < 1.29 is 4.92 Å². The Labute approximate surface area is 120 Å². The first-order valence-electron chi connectivity index (χ1n) is 7.18. The average molecular weight is 279 g/mol. The van der Waals surface area contributed by atoms with E-state index >= 15 is 0 Å². The van der Waals surface area contributed by atoms with Gasteiger partial charge in [0.25, 0.3) is 5.69 Å². The van der Waals surface area contributed by atoms with E-state index < -0.39 is 5.66 Å². The number of hydrogen-bond acceptors (Lipinski definition) is 4. The second-order valence-corrected chi connectivity index (χ2v) is 5.45. The maximum absolute atomic E-state index is 10.8. The van der Waals surface area contributed by atoms with Crippen LogP contribution in [-0.2, 0) is 6.42 Å². The predicted octanol–water partition coefficient (Wildman–Crippen LogP) is 2.93. The van der Waals surface area contributed by atoms with Crippen LogP contribution in [0.3, 0.4) is 0 Å². The number of benzene rings is 1. The van der Waals surface area contributed by atoms with Crippen molar-refractivity contribution in [2.45, 2.75) is 45.7 Å². The second-order valence-electron chi connectivity index (χ2n) is 5.45.